The Balaban J connectivity index is 1.98. The van der Waals surface area contributed by atoms with Crippen LogP contribution in [0.2, 0.25) is 0 Å². The first-order chi connectivity index (χ1) is 11.5. The van der Waals surface area contributed by atoms with Gasteiger partial charge in [0.1, 0.15) is 0 Å². The van der Waals surface area contributed by atoms with Gasteiger partial charge in [-0.3, -0.25) is 4.99 Å². The van der Waals surface area contributed by atoms with Gasteiger partial charge in [0.15, 0.2) is 5.96 Å². The third kappa shape index (κ3) is 4.48. The summed E-state index contributed by atoms with van der Waals surface area (Å²) >= 11 is 0. The Bertz CT molecular complexity index is 550. The van der Waals surface area contributed by atoms with E-state index in [-0.39, 0.29) is 11.6 Å². The second-order valence-electron chi connectivity index (χ2n) is 6.88. The fraction of sp³-hybridized carbons (Fsp3) is 0.632. The van der Waals surface area contributed by atoms with E-state index in [9.17, 15) is 0 Å². The molecule has 1 unspecified atom stereocenters. The van der Waals surface area contributed by atoms with Gasteiger partial charge in [0.2, 0.25) is 0 Å². The molecule has 0 spiro atoms. The Morgan fingerprint density at radius 2 is 1.96 bits per heavy atom. The van der Waals surface area contributed by atoms with Crippen molar-refractivity contribution in [2.24, 2.45) is 4.99 Å². The molecule has 2 rings (SSSR count). The molecular formula is C19H32N4O. The van der Waals surface area contributed by atoms with Crippen molar-refractivity contribution in [2.75, 3.05) is 40.9 Å². The summed E-state index contributed by atoms with van der Waals surface area (Å²) in [5.74, 6) is 0.846. The Morgan fingerprint density at radius 1 is 1.29 bits per heavy atom. The van der Waals surface area contributed by atoms with E-state index in [1.807, 2.05) is 7.05 Å². The summed E-state index contributed by atoms with van der Waals surface area (Å²) in [6.07, 6.45) is 2.08. The van der Waals surface area contributed by atoms with Crippen molar-refractivity contribution in [1.82, 2.24) is 15.5 Å². The number of hydrogen-bond acceptors (Lipinski definition) is 3. The molecule has 0 aromatic heterocycles. The van der Waals surface area contributed by atoms with Gasteiger partial charge in [0, 0.05) is 32.3 Å². The quantitative estimate of drug-likeness (QED) is 0.642. The van der Waals surface area contributed by atoms with Gasteiger partial charge >= 0.3 is 0 Å². The number of nitrogens with one attached hydrogen (secondary N) is 2. The average Bonchev–Trinajstić information content (AvgIpc) is 2.59. The van der Waals surface area contributed by atoms with E-state index in [0.717, 1.165) is 38.6 Å². The first kappa shape index (κ1) is 18.7. The predicted octanol–water partition coefficient (Wildman–Crippen LogP) is 2.33. The Morgan fingerprint density at radius 3 is 2.54 bits per heavy atom. The molecule has 1 fully saturated rings. The van der Waals surface area contributed by atoms with Gasteiger partial charge in [-0.1, -0.05) is 24.3 Å². The number of rotatable bonds is 5. The summed E-state index contributed by atoms with van der Waals surface area (Å²) < 4.78 is 5.54. The molecule has 1 aliphatic rings. The fourth-order valence-electron chi connectivity index (χ4n) is 3.33. The highest BCUT2D eigenvalue weighted by Gasteiger charge is 2.34. The lowest BCUT2D eigenvalue weighted by molar-refractivity contribution is -0.00502. The van der Waals surface area contributed by atoms with E-state index in [4.69, 9.17) is 4.74 Å². The number of aliphatic imine (C=N–C) groups is 1. The van der Waals surface area contributed by atoms with Crippen LogP contribution < -0.4 is 10.6 Å². The van der Waals surface area contributed by atoms with Gasteiger partial charge in [0.25, 0.3) is 0 Å². The van der Waals surface area contributed by atoms with Crippen LogP contribution in [0.15, 0.2) is 29.3 Å². The van der Waals surface area contributed by atoms with Crippen LogP contribution in [0.5, 0.6) is 0 Å². The summed E-state index contributed by atoms with van der Waals surface area (Å²) in [4.78, 5) is 6.72. The van der Waals surface area contributed by atoms with Crippen LogP contribution in [-0.2, 0) is 4.74 Å². The highest BCUT2D eigenvalue weighted by Crippen LogP contribution is 2.25. The standard InChI is InChI=1S/C19H32N4O/c1-15-8-6-7-9-17(15)16(2)22-18(20-3)21-14-19(23(4)5)10-12-24-13-11-19/h6-9,16H,10-14H2,1-5H3,(H2,20,21,22). The topological polar surface area (TPSA) is 48.9 Å². The number of aryl methyl sites for hydroxylation is 1. The van der Waals surface area contributed by atoms with Crippen LogP contribution in [-0.4, -0.2) is 57.3 Å². The molecule has 5 nitrogen and oxygen atoms in total. The summed E-state index contributed by atoms with van der Waals surface area (Å²) in [6.45, 7) is 6.83. The fourth-order valence-corrected chi connectivity index (χ4v) is 3.33. The molecule has 1 aliphatic heterocycles. The minimum Gasteiger partial charge on any atom is -0.381 e. The minimum absolute atomic E-state index is 0.127. The van der Waals surface area contributed by atoms with Gasteiger partial charge in [0.05, 0.1) is 6.04 Å². The number of nitrogens with zero attached hydrogens (tertiary/aromatic N) is 2. The Hall–Kier alpha value is -1.59. The van der Waals surface area contributed by atoms with E-state index in [0.29, 0.717) is 0 Å². The molecule has 1 heterocycles. The lowest BCUT2D eigenvalue weighted by Crippen LogP contribution is -2.57. The molecule has 0 aliphatic carbocycles. The number of guanidine groups is 1. The lowest BCUT2D eigenvalue weighted by atomic mass is 9.88. The maximum absolute atomic E-state index is 5.54. The average molecular weight is 332 g/mol. The van der Waals surface area contributed by atoms with Crippen LogP contribution in [0.4, 0.5) is 0 Å². The molecule has 2 N–H and O–H groups in total. The van der Waals surface area contributed by atoms with Gasteiger partial charge in [-0.25, -0.2) is 0 Å². The smallest absolute Gasteiger partial charge is 0.191 e. The molecule has 5 heteroatoms. The number of hydrogen-bond donors (Lipinski definition) is 2. The first-order valence-corrected chi connectivity index (χ1v) is 8.76. The van der Waals surface area contributed by atoms with Crippen LogP contribution in [0.25, 0.3) is 0 Å². The summed E-state index contributed by atoms with van der Waals surface area (Å²) in [7, 11) is 6.13. The van der Waals surface area contributed by atoms with Crippen molar-refractivity contribution in [3.8, 4) is 0 Å². The number of benzene rings is 1. The Kier molecular flexibility index (Phi) is 6.63. The maximum Gasteiger partial charge on any atom is 0.191 e. The van der Waals surface area contributed by atoms with Crippen LogP contribution in [0, 0.1) is 6.92 Å². The van der Waals surface area contributed by atoms with Crippen molar-refractivity contribution >= 4 is 5.96 Å². The third-order valence-corrected chi connectivity index (χ3v) is 5.19. The van der Waals surface area contributed by atoms with Gasteiger partial charge in [-0.05, 0) is 51.9 Å². The molecule has 0 amide bonds. The zero-order valence-electron chi connectivity index (χ0n) is 15.7. The van der Waals surface area contributed by atoms with E-state index in [1.165, 1.54) is 11.1 Å². The maximum atomic E-state index is 5.54. The molecule has 1 saturated heterocycles. The van der Waals surface area contributed by atoms with Crippen molar-refractivity contribution in [3.05, 3.63) is 35.4 Å². The molecule has 1 aromatic rings. The molecule has 0 saturated carbocycles. The van der Waals surface area contributed by atoms with Crippen molar-refractivity contribution in [3.63, 3.8) is 0 Å². The molecule has 1 atom stereocenters. The second kappa shape index (κ2) is 8.49. The first-order valence-electron chi connectivity index (χ1n) is 8.76. The second-order valence-corrected chi connectivity index (χ2v) is 6.88. The monoisotopic (exact) mass is 332 g/mol. The van der Waals surface area contributed by atoms with E-state index in [2.05, 4.69) is 72.7 Å². The third-order valence-electron chi connectivity index (χ3n) is 5.19. The SMILES string of the molecule is CN=C(NCC1(N(C)C)CCOCC1)NC(C)c1ccccc1C. The van der Waals surface area contributed by atoms with Gasteiger partial charge < -0.3 is 20.3 Å². The molecule has 134 valence electrons. The zero-order chi connectivity index (χ0) is 17.6. The largest absolute Gasteiger partial charge is 0.381 e. The minimum atomic E-state index is 0.127. The van der Waals surface area contributed by atoms with E-state index < -0.39 is 0 Å². The normalized spacial score (nSPS) is 19.2. The lowest BCUT2D eigenvalue weighted by Gasteiger charge is -2.43. The molecule has 1 aromatic carbocycles. The van der Waals surface area contributed by atoms with Crippen LogP contribution in [0.1, 0.15) is 36.9 Å². The molecule has 0 bridgehead atoms. The summed E-state index contributed by atoms with van der Waals surface area (Å²) in [6, 6.07) is 8.68. The molecular weight excluding hydrogens is 300 g/mol. The number of likely N-dealkylation sites (N-methyl/N-ethyl adjacent to an activating group) is 1. The molecule has 24 heavy (non-hydrogen) atoms. The van der Waals surface area contributed by atoms with Crippen molar-refractivity contribution < 1.29 is 4.74 Å². The van der Waals surface area contributed by atoms with Gasteiger partial charge in [-0.15, -0.1) is 0 Å². The van der Waals surface area contributed by atoms with E-state index >= 15 is 0 Å². The highest BCUT2D eigenvalue weighted by molar-refractivity contribution is 5.80. The van der Waals surface area contributed by atoms with Crippen LogP contribution >= 0.6 is 0 Å². The van der Waals surface area contributed by atoms with Crippen molar-refractivity contribution in [2.45, 2.75) is 38.3 Å². The van der Waals surface area contributed by atoms with E-state index in [1.54, 1.807) is 0 Å². The van der Waals surface area contributed by atoms with Crippen LogP contribution in [0.3, 0.4) is 0 Å². The van der Waals surface area contributed by atoms with Crippen molar-refractivity contribution in [1.29, 1.82) is 0 Å². The molecule has 0 radical (unpaired) electrons. The summed E-state index contributed by atoms with van der Waals surface area (Å²) in [5, 5.41) is 7.03. The van der Waals surface area contributed by atoms with Gasteiger partial charge in [-0.2, -0.15) is 0 Å². The number of ether oxygens (including phenoxy) is 1. The highest BCUT2D eigenvalue weighted by atomic mass is 16.5. The Labute approximate surface area is 146 Å². The predicted molar refractivity (Wildman–Crippen MR) is 101 cm³/mol. The zero-order valence-corrected chi connectivity index (χ0v) is 15.7. The summed E-state index contributed by atoms with van der Waals surface area (Å²) in [5.41, 5.74) is 2.72.